The maximum Gasteiger partial charge on any atom is 0.319 e. The summed E-state index contributed by atoms with van der Waals surface area (Å²) in [6.45, 7) is 6.59. The molecule has 0 unspecified atom stereocenters. The predicted molar refractivity (Wildman–Crippen MR) is 77.4 cm³/mol. The zero-order valence-electron chi connectivity index (χ0n) is 12.4. The van der Waals surface area contributed by atoms with Crippen LogP contribution in [0.3, 0.4) is 0 Å². The number of likely N-dealkylation sites (tertiary alicyclic amines) is 2. The Balaban J connectivity index is 1.59. The van der Waals surface area contributed by atoms with Gasteiger partial charge >= 0.3 is 6.03 Å². The molecular formula is C14H28N4O. The van der Waals surface area contributed by atoms with E-state index in [0.717, 1.165) is 32.5 Å². The lowest BCUT2D eigenvalue weighted by Crippen LogP contribution is -2.48. The molecule has 1 N–H and O–H groups in total. The molecule has 0 aromatic heterocycles. The minimum atomic E-state index is 0.149. The van der Waals surface area contributed by atoms with E-state index < -0.39 is 0 Å². The fraction of sp³-hybridized carbons (Fsp3) is 0.929. The zero-order chi connectivity index (χ0) is 13.7. The van der Waals surface area contributed by atoms with E-state index in [9.17, 15) is 4.79 Å². The Bertz CT molecular complexity index is 281. The van der Waals surface area contributed by atoms with Crippen molar-refractivity contribution in [1.29, 1.82) is 0 Å². The van der Waals surface area contributed by atoms with Gasteiger partial charge in [0, 0.05) is 46.3 Å². The zero-order valence-corrected chi connectivity index (χ0v) is 12.4. The first-order valence-corrected chi connectivity index (χ1v) is 7.59. The fourth-order valence-electron chi connectivity index (χ4n) is 2.99. The van der Waals surface area contributed by atoms with Crippen LogP contribution in [-0.2, 0) is 0 Å². The van der Waals surface area contributed by atoms with Crippen molar-refractivity contribution < 1.29 is 4.79 Å². The molecule has 5 heteroatoms. The van der Waals surface area contributed by atoms with Crippen LogP contribution in [0.4, 0.5) is 4.79 Å². The molecule has 0 atom stereocenters. The number of amides is 2. The summed E-state index contributed by atoms with van der Waals surface area (Å²) < 4.78 is 0. The van der Waals surface area contributed by atoms with Gasteiger partial charge in [-0.05, 0) is 38.8 Å². The van der Waals surface area contributed by atoms with Gasteiger partial charge < -0.3 is 20.0 Å². The summed E-state index contributed by atoms with van der Waals surface area (Å²) in [5.74, 6) is 0. The van der Waals surface area contributed by atoms with E-state index in [1.54, 1.807) is 4.90 Å². The molecule has 110 valence electrons. The van der Waals surface area contributed by atoms with Gasteiger partial charge in [0.1, 0.15) is 0 Å². The molecule has 2 amide bonds. The van der Waals surface area contributed by atoms with E-state index in [0.29, 0.717) is 6.04 Å². The molecule has 2 aliphatic heterocycles. The van der Waals surface area contributed by atoms with Crippen molar-refractivity contribution in [3.05, 3.63) is 0 Å². The van der Waals surface area contributed by atoms with Crippen molar-refractivity contribution in [1.82, 2.24) is 20.0 Å². The Labute approximate surface area is 116 Å². The highest BCUT2D eigenvalue weighted by atomic mass is 16.2. The van der Waals surface area contributed by atoms with Crippen LogP contribution in [0.1, 0.15) is 25.7 Å². The van der Waals surface area contributed by atoms with Crippen molar-refractivity contribution in [2.45, 2.75) is 31.7 Å². The monoisotopic (exact) mass is 268 g/mol. The Morgan fingerprint density at radius 2 is 1.79 bits per heavy atom. The number of carbonyl (C=O) groups is 1. The fourth-order valence-corrected chi connectivity index (χ4v) is 2.99. The highest BCUT2D eigenvalue weighted by molar-refractivity contribution is 5.73. The van der Waals surface area contributed by atoms with Crippen LogP contribution in [0.2, 0.25) is 0 Å². The Hall–Kier alpha value is -0.810. The SMILES string of the molecule is CN(C)C(=O)N1CCC(NCCN2CCCC2)CC1. The Morgan fingerprint density at radius 1 is 1.16 bits per heavy atom. The third-order valence-electron chi connectivity index (χ3n) is 4.21. The molecule has 0 aliphatic carbocycles. The van der Waals surface area contributed by atoms with Gasteiger partial charge in [-0.1, -0.05) is 0 Å². The van der Waals surface area contributed by atoms with Gasteiger partial charge in [0.2, 0.25) is 0 Å². The van der Waals surface area contributed by atoms with Crippen LogP contribution in [0.5, 0.6) is 0 Å². The first-order valence-electron chi connectivity index (χ1n) is 7.59. The Morgan fingerprint density at radius 3 is 2.37 bits per heavy atom. The molecular weight excluding hydrogens is 240 g/mol. The highest BCUT2D eigenvalue weighted by Crippen LogP contribution is 2.12. The summed E-state index contributed by atoms with van der Waals surface area (Å²) in [5, 5.41) is 3.64. The van der Waals surface area contributed by atoms with Gasteiger partial charge in [-0.15, -0.1) is 0 Å². The quantitative estimate of drug-likeness (QED) is 0.820. The first-order chi connectivity index (χ1) is 9.16. The number of hydrogen-bond donors (Lipinski definition) is 1. The smallest absolute Gasteiger partial charge is 0.319 e. The standard InChI is InChI=1S/C14H28N4O/c1-16(2)14(19)18-10-5-13(6-11-18)15-7-12-17-8-3-4-9-17/h13,15H,3-12H2,1-2H3. The number of hydrogen-bond acceptors (Lipinski definition) is 3. The lowest BCUT2D eigenvalue weighted by atomic mass is 10.1. The van der Waals surface area contributed by atoms with Gasteiger partial charge in [0.05, 0.1) is 0 Å². The molecule has 0 bridgehead atoms. The third kappa shape index (κ3) is 4.35. The number of nitrogens with zero attached hydrogens (tertiary/aromatic N) is 3. The molecule has 5 nitrogen and oxygen atoms in total. The van der Waals surface area contributed by atoms with E-state index in [1.807, 2.05) is 19.0 Å². The van der Waals surface area contributed by atoms with Crippen molar-refractivity contribution in [3.8, 4) is 0 Å². The van der Waals surface area contributed by atoms with Crippen LogP contribution in [0.25, 0.3) is 0 Å². The minimum absolute atomic E-state index is 0.149. The third-order valence-corrected chi connectivity index (χ3v) is 4.21. The molecule has 0 radical (unpaired) electrons. The molecule has 19 heavy (non-hydrogen) atoms. The van der Waals surface area contributed by atoms with Gasteiger partial charge in [-0.2, -0.15) is 0 Å². The average molecular weight is 268 g/mol. The second kappa shape index (κ2) is 7.10. The van der Waals surface area contributed by atoms with E-state index in [4.69, 9.17) is 0 Å². The van der Waals surface area contributed by atoms with Gasteiger partial charge in [-0.25, -0.2) is 4.79 Å². The van der Waals surface area contributed by atoms with Gasteiger partial charge in [0.25, 0.3) is 0 Å². The van der Waals surface area contributed by atoms with Crippen molar-refractivity contribution >= 4 is 6.03 Å². The number of rotatable bonds is 4. The van der Waals surface area contributed by atoms with E-state index >= 15 is 0 Å². The van der Waals surface area contributed by atoms with E-state index in [1.165, 1.54) is 32.5 Å². The minimum Gasteiger partial charge on any atom is -0.331 e. The molecule has 0 saturated carbocycles. The molecule has 0 spiro atoms. The molecule has 2 aliphatic rings. The highest BCUT2D eigenvalue weighted by Gasteiger charge is 2.23. The van der Waals surface area contributed by atoms with Crippen LogP contribution in [0.15, 0.2) is 0 Å². The second-order valence-electron chi connectivity index (χ2n) is 5.94. The molecule has 2 heterocycles. The maximum absolute atomic E-state index is 11.8. The normalized spacial score (nSPS) is 21.9. The number of urea groups is 1. The first kappa shape index (κ1) is 14.6. The van der Waals surface area contributed by atoms with Gasteiger partial charge in [0.15, 0.2) is 0 Å². The summed E-state index contributed by atoms with van der Waals surface area (Å²) in [7, 11) is 3.64. The number of carbonyl (C=O) groups excluding carboxylic acids is 1. The molecule has 2 rings (SSSR count). The average Bonchev–Trinajstić information content (AvgIpc) is 2.92. The van der Waals surface area contributed by atoms with Crippen molar-refractivity contribution in [2.75, 3.05) is 53.4 Å². The van der Waals surface area contributed by atoms with E-state index in [2.05, 4.69) is 10.2 Å². The predicted octanol–water partition coefficient (Wildman–Crippen LogP) is 0.818. The van der Waals surface area contributed by atoms with Crippen molar-refractivity contribution in [2.24, 2.45) is 0 Å². The summed E-state index contributed by atoms with van der Waals surface area (Å²) in [5.41, 5.74) is 0. The van der Waals surface area contributed by atoms with Crippen molar-refractivity contribution in [3.63, 3.8) is 0 Å². The molecule has 2 fully saturated rings. The van der Waals surface area contributed by atoms with E-state index in [-0.39, 0.29) is 6.03 Å². The van der Waals surface area contributed by atoms with Crippen LogP contribution in [0, 0.1) is 0 Å². The van der Waals surface area contributed by atoms with Crippen LogP contribution >= 0.6 is 0 Å². The van der Waals surface area contributed by atoms with Crippen LogP contribution < -0.4 is 5.32 Å². The number of nitrogens with one attached hydrogen (secondary N) is 1. The summed E-state index contributed by atoms with van der Waals surface area (Å²) in [4.78, 5) is 18.0. The number of piperidine rings is 1. The summed E-state index contributed by atoms with van der Waals surface area (Å²) in [6.07, 6.45) is 4.90. The maximum atomic E-state index is 11.8. The topological polar surface area (TPSA) is 38.8 Å². The molecule has 0 aromatic rings. The van der Waals surface area contributed by atoms with Gasteiger partial charge in [-0.3, -0.25) is 0 Å². The lowest BCUT2D eigenvalue weighted by molar-refractivity contribution is 0.152. The Kier molecular flexibility index (Phi) is 5.45. The molecule has 2 saturated heterocycles. The van der Waals surface area contributed by atoms with Crippen LogP contribution in [-0.4, -0.2) is 80.1 Å². The molecule has 0 aromatic carbocycles. The second-order valence-corrected chi connectivity index (χ2v) is 5.94. The largest absolute Gasteiger partial charge is 0.331 e. The summed E-state index contributed by atoms with van der Waals surface area (Å²) >= 11 is 0. The summed E-state index contributed by atoms with van der Waals surface area (Å²) in [6, 6.07) is 0.740. The lowest BCUT2D eigenvalue weighted by Gasteiger charge is -2.34.